The highest BCUT2D eigenvalue weighted by Gasteiger charge is 2.14. The minimum atomic E-state index is -0.635. The lowest BCUT2D eigenvalue weighted by Gasteiger charge is -2.25. The van der Waals surface area contributed by atoms with Crippen LogP contribution in [0.25, 0.3) is 0 Å². The van der Waals surface area contributed by atoms with Crippen LogP contribution < -0.4 is 10.6 Å². The molecule has 0 bridgehead atoms. The van der Waals surface area contributed by atoms with Crippen molar-refractivity contribution in [2.75, 3.05) is 18.0 Å². The zero-order valence-electron chi connectivity index (χ0n) is 11.5. The molecular weight excluding hydrogens is 277 g/mol. The number of hydrogen-bond acceptors (Lipinski definition) is 2. The summed E-state index contributed by atoms with van der Waals surface area (Å²) in [5.41, 5.74) is 6.19. The van der Waals surface area contributed by atoms with Gasteiger partial charge in [0.25, 0.3) is 0 Å². The second-order valence-corrected chi connectivity index (χ2v) is 4.75. The lowest BCUT2D eigenvalue weighted by Crippen LogP contribution is -2.27. The number of para-hydroxylation sites is 1. The van der Waals surface area contributed by atoms with Crippen LogP contribution in [0.3, 0.4) is 0 Å². The molecule has 2 nitrogen and oxygen atoms in total. The van der Waals surface area contributed by atoms with E-state index in [1.165, 1.54) is 18.2 Å². The van der Waals surface area contributed by atoms with Crippen molar-refractivity contribution in [2.24, 2.45) is 5.73 Å². The van der Waals surface area contributed by atoms with E-state index >= 15 is 0 Å². The van der Waals surface area contributed by atoms with Crippen LogP contribution in [0, 0.1) is 17.5 Å². The summed E-state index contributed by atoms with van der Waals surface area (Å²) in [7, 11) is 0. The molecule has 2 aromatic rings. The van der Waals surface area contributed by atoms with E-state index in [2.05, 4.69) is 0 Å². The van der Waals surface area contributed by atoms with Crippen LogP contribution in [-0.2, 0) is 6.54 Å². The van der Waals surface area contributed by atoms with E-state index < -0.39 is 11.6 Å². The second-order valence-electron chi connectivity index (χ2n) is 4.75. The van der Waals surface area contributed by atoms with Gasteiger partial charge < -0.3 is 10.6 Å². The fourth-order valence-corrected chi connectivity index (χ4v) is 2.13. The largest absolute Gasteiger partial charge is 0.365 e. The van der Waals surface area contributed by atoms with Crippen molar-refractivity contribution < 1.29 is 13.2 Å². The van der Waals surface area contributed by atoms with Crippen molar-refractivity contribution in [1.82, 2.24) is 0 Å². The van der Waals surface area contributed by atoms with E-state index in [9.17, 15) is 13.2 Å². The van der Waals surface area contributed by atoms with Crippen molar-refractivity contribution in [3.05, 3.63) is 65.5 Å². The van der Waals surface area contributed by atoms with Crippen LogP contribution in [0.15, 0.2) is 42.5 Å². The lowest BCUT2D eigenvalue weighted by molar-refractivity contribution is 0.565. The molecule has 2 rings (SSSR count). The summed E-state index contributed by atoms with van der Waals surface area (Å²) in [6.45, 7) is 1.11. The van der Waals surface area contributed by atoms with Gasteiger partial charge in [-0.05, 0) is 31.2 Å². The number of rotatable bonds is 6. The number of anilines is 1. The van der Waals surface area contributed by atoms with Gasteiger partial charge in [0.15, 0.2) is 0 Å². The van der Waals surface area contributed by atoms with Gasteiger partial charge in [0, 0.05) is 24.7 Å². The Bertz CT molecular complexity index is 602. The van der Waals surface area contributed by atoms with Crippen molar-refractivity contribution in [2.45, 2.75) is 13.0 Å². The first-order valence-electron chi connectivity index (χ1n) is 6.75. The van der Waals surface area contributed by atoms with E-state index in [4.69, 9.17) is 5.73 Å². The van der Waals surface area contributed by atoms with Crippen molar-refractivity contribution in [3.63, 3.8) is 0 Å². The smallest absolute Gasteiger partial charge is 0.146 e. The van der Waals surface area contributed by atoms with Crippen LogP contribution >= 0.6 is 0 Å². The lowest BCUT2D eigenvalue weighted by atomic mass is 10.1. The van der Waals surface area contributed by atoms with Crippen LogP contribution in [0.1, 0.15) is 12.0 Å². The topological polar surface area (TPSA) is 29.3 Å². The molecule has 0 aliphatic heterocycles. The molecule has 0 radical (unpaired) electrons. The second kappa shape index (κ2) is 7.13. The van der Waals surface area contributed by atoms with Gasteiger partial charge in [-0.1, -0.05) is 18.2 Å². The first-order chi connectivity index (χ1) is 10.1. The summed E-state index contributed by atoms with van der Waals surface area (Å²) in [5, 5.41) is 0. The number of hydrogen-bond donors (Lipinski definition) is 1. The van der Waals surface area contributed by atoms with E-state index in [0.717, 1.165) is 6.07 Å². The van der Waals surface area contributed by atoms with Crippen LogP contribution in [0.4, 0.5) is 18.9 Å². The molecule has 0 amide bonds. The Labute approximate surface area is 122 Å². The summed E-state index contributed by atoms with van der Waals surface area (Å²) in [6.07, 6.45) is 0.650. The highest BCUT2D eigenvalue weighted by molar-refractivity contribution is 5.48. The summed E-state index contributed by atoms with van der Waals surface area (Å²) in [4.78, 5) is 1.71. The summed E-state index contributed by atoms with van der Waals surface area (Å²) < 4.78 is 40.6. The van der Waals surface area contributed by atoms with Gasteiger partial charge >= 0.3 is 0 Å². The summed E-state index contributed by atoms with van der Waals surface area (Å²) in [5.74, 6) is -1.64. The van der Waals surface area contributed by atoms with E-state index in [0.29, 0.717) is 30.8 Å². The average Bonchev–Trinajstić information content (AvgIpc) is 2.46. The number of benzene rings is 2. The molecular formula is C16H17F3N2. The van der Waals surface area contributed by atoms with Crippen molar-refractivity contribution in [1.29, 1.82) is 0 Å². The maximum absolute atomic E-state index is 13.9. The van der Waals surface area contributed by atoms with Crippen LogP contribution in [-0.4, -0.2) is 13.1 Å². The Balaban J connectivity index is 2.26. The normalized spacial score (nSPS) is 10.7. The Morgan fingerprint density at radius 2 is 1.71 bits per heavy atom. The molecule has 2 N–H and O–H groups in total. The highest BCUT2D eigenvalue weighted by atomic mass is 19.1. The zero-order valence-corrected chi connectivity index (χ0v) is 11.5. The van der Waals surface area contributed by atoms with Gasteiger partial charge in [-0.2, -0.15) is 0 Å². The highest BCUT2D eigenvalue weighted by Crippen LogP contribution is 2.22. The molecule has 5 heteroatoms. The molecule has 0 atom stereocenters. The molecule has 0 unspecified atom stereocenters. The summed E-state index contributed by atoms with van der Waals surface area (Å²) >= 11 is 0. The Kier molecular flexibility index (Phi) is 5.22. The Morgan fingerprint density at radius 3 is 2.38 bits per heavy atom. The first-order valence-corrected chi connectivity index (χ1v) is 6.75. The molecule has 0 saturated carbocycles. The molecule has 0 saturated heterocycles. The number of halogens is 3. The maximum atomic E-state index is 13.9. The maximum Gasteiger partial charge on any atom is 0.146 e. The van der Waals surface area contributed by atoms with Gasteiger partial charge in [0.1, 0.15) is 17.5 Å². The van der Waals surface area contributed by atoms with E-state index in [1.807, 2.05) is 0 Å². The van der Waals surface area contributed by atoms with Gasteiger partial charge in [0.05, 0.1) is 5.69 Å². The Hall–Kier alpha value is -2.01. The predicted molar refractivity (Wildman–Crippen MR) is 77.5 cm³/mol. The van der Waals surface area contributed by atoms with Crippen LogP contribution in [0.5, 0.6) is 0 Å². The van der Waals surface area contributed by atoms with Crippen LogP contribution in [0.2, 0.25) is 0 Å². The molecule has 0 aromatic heterocycles. The fraction of sp³-hybridized carbons (Fsp3) is 0.250. The third-order valence-electron chi connectivity index (χ3n) is 3.20. The van der Waals surface area contributed by atoms with Gasteiger partial charge in [-0.25, -0.2) is 13.2 Å². The molecule has 0 aliphatic carbocycles. The third kappa shape index (κ3) is 3.98. The van der Waals surface area contributed by atoms with E-state index in [-0.39, 0.29) is 12.4 Å². The first kappa shape index (κ1) is 15.4. The van der Waals surface area contributed by atoms with Crippen molar-refractivity contribution in [3.8, 4) is 0 Å². The quantitative estimate of drug-likeness (QED) is 0.884. The Morgan fingerprint density at radius 1 is 0.952 bits per heavy atom. The van der Waals surface area contributed by atoms with Gasteiger partial charge in [0.2, 0.25) is 0 Å². The molecule has 0 heterocycles. The van der Waals surface area contributed by atoms with Gasteiger partial charge in [-0.3, -0.25) is 0 Å². The standard InChI is InChI=1S/C16H17F3N2/c17-13-7-6-12(15(19)10-13)11-21(9-3-8-20)16-5-2-1-4-14(16)18/h1-2,4-7,10H,3,8-9,11,20H2. The number of nitrogens with zero attached hydrogens (tertiary/aromatic N) is 1. The predicted octanol–water partition coefficient (Wildman–Crippen LogP) is 3.46. The number of nitrogens with two attached hydrogens (primary N) is 1. The average molecular weight is 294 g/mol. The molecule has 0 aliphatic rings. The minimum Gasteiger partial charge on any atom is -0.365 e. The third-order valence-corrected chi connectivity index (χ3v) is 3.20. The molecule has 112 valence electrons. The SMILES string of the molecule is NCCCN(Cc1ccc(F)cc1F)c1ccccc1F. The monoisotopic (exact) mass is 294 g/mol. The fourth-order valence-electron chi connectivity index (χ4n) is 2.13. The summed E-state index contributed by atoms with van der Waals surface area (Å²) in [6, 6.07) is 9.70. The molecule has 2 aromatic carbocycles. The van der Waals surface area contributed by atoms with Gasteiger partial charge in [-0.15, -0.1) is 0 Å². The molecule has 21 heavy (non-hydrogen) atoms. The molecule has 0 spiro atoms. The molecule has 0 fully saturated rings. The zero-order chi connectivity index (χ0) is 15.2. The van der Waals surface area contributed by atoms with Crippen molar-refractivity contribution >= 4 is 5.69 Å². The minimum absolute atomic E-state index is 0.160. The van der Waals surface area contributed by atoms with E-state index in [1.54, 1.807) is 23.1 Å².